The Morgan fingerprint density at radius 1 is 1.33 bits per heavy atom. The van der Waals surface area contributed by atoms with Crippen molar-refractivity contribution in [2.75, 3.05) is 16.8 Å². The molecule has 1 rings (SSSR count). The molecule has 116 valence electrons. The van der Waals surface area contributed by atoms with Gasteiger partial charge in [-0.2, -0.15) is 0 Å². The van der Waals surface area contributed by atoms with Gasteiger partial charge in [0.1, 0.15) is 5.75 Å². The van der Waals surface area contributed by atoms with Crippen molar-refractivity contribution < 1.29 is 18.9 Å². The molecule has 7 heteroatoms. The zero-order valence-corrected chi connectivity index (χ0v) is 13.3. The first-order valence-electron chi connectivity index (χ1n) is 6.61. The molecule has 0 heterocycles. The number of anilines is 1. The van der Waals surface area contributed by atoms with Crippen molar-refractivity contribution in [1.29, 1.82) is 0 Å². The Hall–Kier alpha value is -1.40. The Morgan fingerprint density at radius 2 is 2.05 bits per heavy atom. The standard InChI is InChI=1S/C14H18ClNO4S/c1-2-3-4-7-21(20)9-13(17)16-12-8-10(14(18)19)5-6-11(12)15/h5-6,8H,2-4,7,9H2,1H3,(H,16,17)(H,18,19). The van der Waals surface area contributed by atoms with Gasteiger partial charge in [-0.05, 0) is 24.6 Å². The summed E-state index contributed by atoms with van der Waals surface area (Å²) in [6.45, 7) is 2.05. The predicted molar refractivity (Wildman–Crippen MR) is 84.4 cm³/mol. The molecule has 0 fully saturated rings. The highest BCUT2D eigenvalue weighted by atomic mass is 35.5. The van der Waals surface area contributed by atoms with Gasteiger partial charge in [0.25, 0.3) is 0 Å². The van der Waals surface area contributed by atoms with Crippen LogP contribution in [0.1, 0.15) is 36.5 Å². The third kappa shape index (κ3) is 6.27. The molecule has 2 N–H and O–H groups in total. The van der Waals surface area contributed by atoms with E-state index in [1.54, 1.807) is 0 Å². The molecule has 0 bridgehead atoms. The molecule has 0 aliphatic rings. The highest BCUT2D eigenvalue weighted by Crippen LogP contribution is 2.23. The molecule has 0 aliphatic carbocycles. The summed E-state index contributed by atoms with van der Waals surface area (Å²) in [6.07, 6.45) is 2.84. The SMILES string of the molecule is CCCCCS(=O)CC(=O)Nc1cc(C(=O)O)ccc1Cl. The lowest BCUT2D eigenvalue weighted by atomic mass is 10.2. The van der Waals surface area contributed by atoms with Crippen molar-refractivity contribution in [2.24, 2.45) is 0 Å². The fourth-order valence-electron chi connectivity index (χ4n) is 1.67. The summed E-state index contributed by atoms with van der Waals surface area (Å²) >= 11 is 5.90. The second-order valence-electron chi connectivity index (χ2n) is 4.54. The molecule has 0 aliphatic heterocycles. The van der Waals surface area contributed by atoms with Crippen molar-refractivity contribution in [3.05, 3.63) is 28.8 Å². The van der Waals surface area contributed by atoms with Gasteiger partial charge in [0, 0.05) is 16.6 Å². The summed E-state index contributed by atoms with van der Waals surface area (Å²) in [5.41, 5.74) is 0.242. The van der Waals surface area contributed by atoms with E-state index in [9.17, 15) is 13.8 Å². The maximum Gasteiger partial charge on any atom is 0.335 e. The molecule has 1 atom stereocenters. The lowest BCUT2D eigenvalue weighted by Crippen LogP contribution is -2.21. The second kappa shape index (κ2) is 8.79. The van der Waals surface area contributed by atoms with Crippen molar-refractivity contribution in [3.63, 3.8) is 0 Å². The Morgan fingerprint density at radius 3 is 2.67 bits per heavy atom. The quantitative estimate of drug-likeness (QED) is 0.717. The lowest BCUT2D eigenvalue weighted by molar-refractivity contribution is -0.113. The van der Waals surface area contributed by atoms with Crippen molar-refractivity contribution >= 4 is 40.0 Å². The van der Waals surface area contributed by atoms with Crippen molar-refractivity contribution in [2.45, 2.75) is 26.2 Å². The van der Waals surface area contributed by atoms with Crippen LogP contribution in [0.15, 0.2) is 18.2 Å². The van der Waals surface area contributed by atoms with Crippen LogP contribution >= 0.6 is 11.6 Å². The molecule has 1 unspecified atom stereocenters. The number of carbonyl (C=O) groups is 2. The van der Waals surface area contributed by atoms with E-state index in [4.69, 9.17) is 16.7 Å². The molecule has 0 saturated carbocycles. The number of halogens is 1. The summed E-state index contributed by atoms with van der Waals surface area (Å²) in [5.74, 6) is -1.17. The molecular formula is C14H18ClNO4S. The third-order valence-corrected chi connectivity index (χ3v) is 4.41. The van der Waals surface area contributed by atoms with Gasteiger partial charge >= 0.3 is 5.97 Å². The van der Waals surface area contributed by atoms with Crippen LogP contribution in [-0.4, -0.2) is 32.7 Å². The first-order valence-corrected chi connectivity index (χ1v) is 8.48. The zero-order chi connectivity index (χ0) is 15.8. The Balaban J connectivity index is 2.60. The van der Waals surface area contributed by atoms with Crippen LogP contribution in [-0.2, 0) is 15.6 Å². The number of hydrogen-bond donors (Lipinski definition) is 2. The minimum absolute atomic E-state index is 0.0266. The van der Waals surface area contributed by atoms with E-state index in [-0.39, 0.29) is 22.0 Å². The number of benzene rings is 1. The number of carboxylic acid groups (broad SMARTS) is 1. The van der Waals surface area contributed by atoms with Crippen molar-refractivity contribution in [3.8, 4) is 0 Å². The normalized spacial score (nSPS) is 11.9. The van der Waals surface area contributed by atoms with Gasteiger partial charge in [-0.25, -0.2) is 4.79 Å². The first-order chi connectivity index (χ1) is 9.93. The number of hydrogen-bond acceptors (Lipinski definition) is 3. The van der Waals surface area contributed by atoms with Gasteiger partial charge in [0.05, 0.1) is 16.3 Å². The van der Waals surface area contributed by atoms with Gasteiger partial charge in [-0.3, -0.25) is 9.00 Å². The number of unbranched alkanes of at least 4 members (excludes halogenated alkanes) is 2. The van der Waals surface area contributed by atoms with E-state index in [1.165, 1.54) is 18.2 Å². The van der Waals surface area contributed by atoms with Crippen LogP contribution in [0.2, 0.25) is 5.02 Å². The van der Waals surface area contributed by atoms with E-state index in [1.807, 2.05) is 6.92 Å². The molecule has 1 aromatic carbocycles. The molecule has 0 spiro atoms. The van der Waals surface area contributed by atoms with Gasteiger partial charge in [-0.1, -0.05) is 31.4 Å². The fraction of sp³-hybridized carbons (Fsp3) is 0.429. The summed E-state index contributed by atoms with van der Waals surface area (Å²) in [7, 11) is -1.22. The highest BCUT2D eigenvalue weighted by Gasteiger charge is 2.12. The largest absolute Gasteiger partial charge is 0.478 e. The van der Waals surface area contributed by atoms with Gasteiger partial charge in [-0.15, -0.1) is 0 Å². The summed E-state index contributed by atoms with van der Waals surface area (Å²) in [5, 5.41) is 11.6. The van der Waals surface area contributed by atoms with Crippen LogP contribution in [0.25, 0.3) is 0 Å². The minimum atomic E-state index is -1.22. The van der Waals surface area contributed by atoms with Crippen LogP contribution < -0.4 is 5.32 Å². The maximum absolute atomic E-state index is 11.8. The van der Waals surface area contributed by atoms with E-state index < -0.39 is 22.7 Å². The Labute approximate surface area is 131 Å². The van der Waals surface area contributed by atoms with E-state index in [2.05, 4.69) is 5.32 Å². The smallest absolute Gasteiger partial charge is 0.335 e. The number of carboxylic acids is 1. The fourth-order valence-corrected chi connectivity index (χ4v) is 2.87. The summed E-state index contributed by atoms with van der Waals surface area (Å²) in [6, 6.07) is 4.03. The van der Waals surface area contributed by atoms with Crippen LogP contribution in [0, 0.1) is 0 Å². The first kappa shape index (κ1) is 17.7. The van der Waals surface area contributed by atoms with Crippen molar-refractivity contribution in [1.82, 2.24) is 0 Å². The molecule has 0 saturated heterocycles. The summed E-state index contributed by atoms with van der Waals surface area (Å²) < 4.78 is 11.7. The third-order valence-electron chi connectivity index (χ3n) is 2.76. The Bertz CT molecular complexity index is 548. The topological polar surface area (TPSA) is 83.5 Å². The van der Waals surface area contributed by atoms with E-state index >= 15 is 0 Å². The van der Waals surface area contributed by atoms with Gasteiger partial charge in [0.15, 0.2) is 0 Å². The lowest BCUT2D eigenvalue weighted by Gasteiger charge is -2.08. The van der Waals surface area contributed by atoms with Gasteiger partial charge in [0.2, 0.25) is 5.91 Å². The number of amides is 1. The molecule has 21 heavy (non-hydrogen) atoms. The van der Waals surface area contributed by atoms with Crippen LogP contribution in [0.5, 0.6) is 0 Å². The predicted octanol–water partition coefficient (Wildman–Crippen LogP) is 2.92. The molecule has 0 aromatic heterocycles. The second-order valence-corrected chi connectivity index (χ2v) is 6.53. The number of nitrogens with one attached hydrogen (secondary N) is 1. The molecule has 0 radical (unpaired) electrons. The van der Waals surface area contributed by atoms with E-state index in [0.717, 1.165) is 19.3 Å². The zero-order valence-electron chi connectivity index (χ0n) is 11.7. The summed E-state index contributed by atoms with van der Waals surface area (Å²) in [4.78, 5) is 22.6. The van der Waals surface area contributed by atoms with Crippen LogP contribution in [0.3, 0.4) is 0 Å². The highest BCUT2D eigenvalue weighted by molar-refractivity contribution is 7.85. The number of aromatic carboxylic acids is 1. The Kier molecular flexibility index (Phi) is 7.39. The number of carbonyl (C=O) groups excluding carboxylic acids is 1. The molecule has 1 amide bonds. The molecule has 5 nitrogen and oxygen atoms in total. The monoisotopic (exact) mass is 331 g/mol. The molecule has 1 aromatic rings. The maximum atomic E-state index is 11.8. The van der Waals surface area contributed by atoms with E-state index in [0.29, 0.717) is 5.75 Å². The molecular weight excluding hydrogens is 314 g/mol. The number of rotatable bonds is 8. The van der Waals surface area contributed by atoms with Gasteiger partial charge < -0.3 is 10.4 Å². The minimum Gasteiger partial charge on any atom is -0.478 e. The average molecular weight is 332 g/mol. The van der Waals surface area contributed by atoms with Crippen LogP contribution in [0.4, 0.5) is 5.69 Å². The average Bonchev–Trinajstić information content (AvgIpc) is 2.41.